The van der Waals surface area contributed by atoms with Gasteiger partial charge in [0.2, 0.25) is 5.91 Å². The number of anilines is 1. The third-order valence-corrected chi connectivity index (χ3v) is 5.32. The van der Waals surface area contributed by atoms with E-state index in [1.54, 1.807) is 0 Å². The molecule has 26 heavy (non-hydrogen) atoms. The molecule has 1 unspecified atom stereocenters. The second-order valence-corrected chi connectivity index (χ2v) is 7.11. The van der Waals surface area contributed by atoms with Crippen molar-refractivity contribution in [2.24, 2.45) is 0 Å². The second kappa shape index (κ2) is 9.54. The molecule has 3 nitrogen and oxygen atoms in total. The van der Waals surface area contributed by atoms with Crippen LogP contribution >= 0.6 is 0 Å². The number of nitrogens with zero attached hydrogens (tertiary/aromatic N) is 2. The first-order valence-electron chi connectivity index (χ1n) is 9.91. The molecule has 1 heterocycles. The van der Waals surface area contributed by atoms with Crippen LogP contribution in [0.15, 0.2) is 60.7 Å². The van der Waals surface area contributed by atoms with Crippen molar-refractivity contribution in [3.8, 4) is 0 Å². The second-order valence-electron chi connectivity index (χ2n) is 7.11. The minimum Gasteiger partial charge on any atom is -0.309 e. The number of para-hydroxylation sites is 1. The fourth-order valence-corrected chi connectivity index (χ4v) is 3.87. The normalized spacial score (nSPS) is 18.3. The molecule has 1 aliphatic rings. The summed E-state index contributed by atoms with van der Waals surface area (Å²) < 4.78 is 0. The highest BCUT2D eigenvalue weighted by Crippen LogP contribution is 2.24. The number of likely N-dealkylation sites (tertiary alicyclic amines) is 1. The lowest BCUT2D eigenvalue weighted by Gasteiger charge is -2.31. The van der Waals surface area contributed by atoms with Crippen molar-refractivity contribution < 1.29 is 4.79 Å². The lowest BCUT2D eigenvalue weighted by atomic mass is 10.1. The molecule has 1 amide bonds. The summed E-state index contributed by atoms with van der Waals surface area (Å²) in [5, 5.41) is 0. The van der Waals surface area contributed by atoms with Gasteiger partial charge in [-0.05, 0) is 49.9 Å². The molecule has 1 fully saturated rings. The average Bonchev–Trinajstić information content (AvgIpc) is 2.94. The molecule has 2 aromatic rings. The first kappa shape index (κ1) is 18.7. The molecule has 1 aliphatic heterocycles. The van der Waals surface area contributed by atoms with E-state index in [1.807, 2.05) is 25.1 Å². The first-order valence-corrected chi connectivity index (χ1v) is 9.91. The van der Waals surface area contributed by atoms with Crippen molar-refractivity contribution in [1.82, 2.24) is 4.90 Å². The van der Waals surface area contributed by atoms with Gasteiger partial charge in [-0.3, -0.25) is 4.79 Å². The van der Waals surface area contributed by atoms with Crippen molar-refractivity contribution in [2.45, 2.75) is 45.1 Å². The quantitative estimate of drug-likeness (QED) is 0.764. The van der Waals surface area contributed by atoms with Crippen LogP contribution in [-0.2, 0) is 11.2 Å². The van der Waals surface area contributed by atoms with Crippen LogP contribution in [0.2, 0.25) is 0 Å². The Morgan fingerprint density at radius 3 is 2.38 bits per heavy atom. The summed E-state index contributed by atoms with van der Waals surface area (Å²) in [6.45, 7) is 5.26. The summed E-state index contributed by atoms with van der Waals surface area (Å²) in [6.07, 6.45) is 4.95. The van der Waals surface area contributed by atoms with E-state index in [4.69, 9.17) is 0 Å². The summed E-state index contributed by atoms with van der Waals surface area (Å²) in [5.74, 6) is 0.235. The molecule has 0 spiro atoms. The molecule has 138 valence electrons. The van der Waals surface area contributed by atoms with Gasteiger partial charge in [0.25, 0.3) is 0 Å². The van der Waals surface area contributed by atoms with Crippen molar-refractivity contribution in [3.05, 3.63) is 66.2 Å². The highest BCUT2D eigenvalue weighted by atomic mass is 16.2. The first-order chi connectivity index (χ1) is 12.8. The van der Waals surface area contributed by atoms with E-state index in [-0.39, 0.29) is 5.91 Å². The van der Waals surface area contributed by atoms with E-state index in [2.05, 4.69) is 52.3 Å². The zero-order valence-corrected chi connectivity index (χ0v) is 15.8. The van der Waals surface area contributed by atoms with Crippen molar-refractivity contribution >= 4 is 11.6 Å². The number of rotatable bonds is 6. The molecule has 0 saturated carbocycles. The Kier molecular flexibility index (Phi) is 6.84. The lowest BCUT2D eigenvalue weighted by molar-refractivity contribution is -0.118. The molecule has 1 saturated heterocycles. The molecule has 3 rings (SSSR count). The molecule has 0 radical (unpaired) electrons. The van der Waals surface area contributed by atoms with Gasteiger partial charge in [0, 0.05) is 31.2 Å². The summed E-state index contributed by atoms with van der Waals surface area (Å²) in [7, 11) is 0. The standard InChI is InChI=1S/C23H30N2O/c1-2-23(26)25(21-12-7-4-8-13-21)22-14-9-17-24(19-16-22)18-15-20-10-5-3-6-11-20/h3-8,10-13,22H,2,9,14-19H2,1H3. The average molecular weight is 351 g/mol. The summed E-state index contributed by atoms with van der Waals surface area (Å²) in [4.78, 5) is 17.2. The van der Waals surface area contributed by atoms with Gasteiger partial charge in [-0.1, -0.05) is 55.5 Å². The van der Waals surface area contributed by atoms with Crippen LogP contribution in [0.25, 0.3) is 0 Å². The molecule has 3 heteroatoms. The molecular formula is C23H30N2O. The number of carbonyl (C=O) groups excluding carboxylic acids is 1. The van der Waals surface area contributed by atoms with E-state index in [9.17, 15) is 4.79 Å². The topological polar surface area (TPSA) is 23.6 Å². The van der Waals surface area contributed by atoms with Gasteiger partial charge in [-0.2, -0.15) is 0 Å². The highest BCUT2D eigenvalue weighted by Gasteiger charge is 2.26. The molecule has 1 atom stereocenters. The predicted octanol–water partition coefficient (Wildman–Crippen LogP) is 4.53. The maximum atomic E-state index is 12.6. The van der Waals surface area contributed by atoms with Crippen molar-refractivity contribution in [3.63, 3.8) is 0 Å². The zero-order chi connectivity index (χ0) is 18.2. The van der Waals surface area contributed by atoms with Crippen LogP contribution in [-0.4, -0.2) is 36.5 Å². The number of hydrogen-bond acceptors (Lipinski definition) is 2. The van der Waals surface area contributed by atoms with Gasteiger partial charge in [0.05, 0.1) is 0 Å². The molecular weight excluding hydrogens is 320 g/mol. The van der Waals surface area contributed by atoms with Crippen LogP contribution in [0.5, 0.6) is 0 Å². The van der Waals surface area contributed by atoms with E-state index >= 15 is 0 Å². The Hall–Kier alpha value is -2.13. The maximum Gasteiger partial charge on any atom is 0.226 e. The Balaban J connectivity index is 1.61. The largest absolute Gasteiger partial charge is 0.309 e. The minimum absolute atomic E-state index is 0.235. The van der Waals surface area contributed by atoms with Crippen LogP contribution in [0.3, 0.4) is 0 Å². The van der Waals surface area contributed by atoms with Gasteiger partial charge in [-0.15, -0.1) is 0 Å². The number of benzene rings is 2. The van der Waals surface area contributed by atoms with Crippen LogP contribution < -0.4 is 4.90 Å². The van der Waals surface area contributed by atoms with Gasteiger partial charge >= 0.3 is 0 Å². The SMILES string of the molecule is CCC(=O)N(c1ccccc1)C1CCCN(CCc2ccccc2)CC1. The monoisotopic (exact) mass is 350 g/mol. The summed E-state index contributed by atoms with van der Waals surface area (Å²) in [5.41, 5.74) is 2.45. The minimum atomic E-state index is 0.235. The van der Waals surface area contributed by atoms with E-state index in [1.165, 1.54) is 5.56 Å². The van der Waals surface area contributed by atoms with E-state index < -0.39 is 0 Å². The number of hydrogen-bond donors (Lipinski definition) is 0. The number of amides is 1. The molecule has 0 aliphatic carbocycles. The van der Waals surface area contributed by atoms with Crippen molar-refractivity contribution in [2.75, 3.05) is 24.5 Å². The fraction of sp³-hybridized carbons (Fsp3) is 0.435. The summed E-state index contributed by atoms with van der Waals surface area (Å²) >= 11 is 0. The maximum absolute atomic E-state index is 12.6. The number of carbonyl (C=O) groups is 1. The van der Waals surface area contributed by atoms with Crippen LogP contribution in [0.1, 0.15) is 38.2 Å². The summed E-state index contributed by atoms with van der Waals surface area (Å²) in [6, 6.07) is 21.2. The predicted molar refractivity (Wildman–Crippen MR) is 108 cm³/mol. The van der Waals surface area contributed by atoms with Crippen molar-refractivity contribution in [1.29, 1.82) is 0 Å². The molecule has 0 bridgehead atoms. The lowest BCUT2D eigenvalue weighted by Crippen LogP contribution is -2.41. The van der Waals surface area contributed by atoms with E-state index in [0.29, 0.717) is 12.5 Å². The Labute approximate surface area is 157 Å². The van der Waals surface area contributed by atoms with E-state index in [0.717, 1.165) is 51.0 Å². The third kappa shape index (κ3) is 4.95. The fourth-order valence-electron chi connectivity index (χ4n) is 3.87. The van der Waals surface area contributed by atoms with Gasteiger partial charge in [0.15, 0.2) is 0 Å². The Morgan fingerprint density at radius 1 is 1.00 bits per heavy atom. The molecule has 0 aromatic heterocycles. The molecule has 0 N–H and O–H groups in total. The molecule has 2 aromatic carbocycles. The smallest absolute Gasteiger partial charge is 0.226 e. The Bertz CT molecular complexity index is 671. The van der Waals surface area contributed by atoms with Crippen LogP contribution in [0.4, 0.5) is 5.69 Å². The third-order valence-electron chi connectivity index (χ3n) is 5.32. The van der Waals surface area contributed by atoms with Gasteiger partial charge in [0.1, 0.15) is 0 Å². The van der Waals surface area contributed by atoms with Gasteiger partial charge < -0.3 is 9.80 Å². The zero-order valence-electron chi connectivity index (χ0n) is 15.8. The van der Waals surface area contributed by atoms with Gasteiger partial charge in [-0.25, -0.2) is 0 Å². The highest BCUT2D eigenvalue weighted by molar-refractivity contribution is 5.93. The van der Waals surface area contributed by atoms with Crippen LogP contribution in [0, 0.1) is 0 Å². The Morgan fingerprint density at radius 2 is 1.69 bits per heavy atom.